The number of aromatic nitrogens is 1. The first-order chi connectivity index (χ1) is 8.76. The number of aromatic amines is 1. The highest BCUT2D eigenvalue weighted by Crippen LogP contribution is 2.25. The molecule has 1 heterocycles. The van der Waals surface area contributed by atoms with Gasteiger partial charge in [-0.25, -0.2) is 4.79 Å². The summed E-state index contributed by atoms with van der Waals surface area (Å²) in [4.78, 5) is 14.7. The van der Waals surface area contributed by atoms with Gasteiger partial charge in [0.1, 0.15) is 11.4 Å². The number of methoxy groups -OCH3 is 1. The Balaban J connectivity index is 2.32. The van der Waals surface area contributed by atoms with Crippen molar-refractivity contribution in [3.8, 4) is 16.9 Å². The zero-order valence-corrected chi connectivity index (χ0v) is 10.4. The van der Waals surface area contributed by atoms with Gasteiger partial charge in [-0.1, -0.05) is 12.1 Å². The lowest BCUT2D eigenvalue weighted by molar-refractivity contribution is 0.0521. The first kappa shape index (κ1) is 12.2. The quantitative estimate of drug-likeness (QED) is 0.843. The van der Waals surface area contributed by atoms with Crippen LogP contribution in [0, 0.1) is 0 Å². The highest BCUT2D eigenvalue weighted by atomic mass is 16.5. The highest BCUT2D eigenvalue weighted by molar-refractivity contribution is 5.95. The van der Waals surface area contributed by atoms with Crippen LogP contribution in [-0.2, 0) is 4.74 Å². The molecule has 0 aliphatic carbocycles. The maximum Gasteiger partial charge on any atom is 0.355 e. The smallest absolute Gasteiger partial charge is 0.355 e. The van der Waals surface area contributed by atoms with Crippen LogP contribution in [0.1, 0.15) is 17.4 Å². The minimum absolute atomic E-state index is 0.340. The average Bonchev–Trinajstić information content (AvgIpc) is 2.88. The summed E-state index contributed by atoms with van der Waals surface area (Å²) in [7, 11) is 1.62. The lowest BCUT2D eigenvalue weighted by Crippen LogP contribution is -2.06. The van der Waals surface area contributed by atoms with Crippen LogP contribution in [0.2, 0.25) is 0 Å². The molecule has 94 valence electrons. The first-order valence-corrected chi connectivity index (χ1v) is 5.75. The summed E-state index contributed by atoms with van der Waals surface area (Å²) in [5, 5.41) is 0. The number of rotatable bonds is 4. The summed E-state index contributed by atoms with van der Waals surface area (Å²) < 4.78 is 10.1. The van der Waals surface area contributed by atoms with Gasteiger partial charge in [-0.3, -0.25) is 0 Å². The summed E-state index contributed by atoms with van der Waals surface area (Å²) in [6.45, 7) is 2.15. The summed E-state index contributed by atoms with van der Waals surface area (Å²) >= 11 is 0. The van der Waals surface area contributed by atoms with Crippen LogP contribution in [0.25, 0.3) is 11.1 Å². The molecule has 0 spiro atoms. The van der Waals surface area contributed by atoms with Crippen LogP contribution in [0.5, 0.6) is 5.75 Å². The van der Waals surface area contributed by atoms with Gasteiger partial charge in [-0.2, -0.15) is 0 Å². The average molecular weight is 245 g/mol. The van der Waals surface area contributed by atoms with Gasteiger partial charge >= 0.3 is 5.97 Å². The van der Waals surface area contributed by atoms with Crippen LogP contribution in [0.3, 0.4) is 0 Å². The van der Waals surface area contributed by atoms with E-state index in [4.69, 9.17) is 9.47 Å². The van der Waals surface area contributed by atoms with Crippen molar-refractivity contribution in [3.63, 3.8) is 0 Å². The van der Waals surface area contributed by atoms with E-state index in [1.807, 2.05) is 30.3 Å². The Labute approximate surface area is 106 Å². The monoisotopic (exact) mass is 245 g/mol. The fourth-order valence-electron chi connectivity index (χ4n) is 1.75. The van der Waals surface area contributed by atoms with Gasteiger partial charge in [0.05, 0.1) is 13.7 Å². The van der Waals surface area contributed by atoms with E-state index in [1.54, 1.807) is 20.2 Å². The minimum atomic E-state index is -0.340. The van der Waals surface area contributed by atoms with Crippen molar-refractivity contribution in [3.05, 3.63) is 42.2 Å². The van der Waals surface area contributed by atoms with Crippen LogP contribution >= 0.6 is 0 Å². The topological polar surface area (TPSA) is 51.3 Å². The molecule has 0 aliphatic heterocycles. The second-order valence-corrected chi connectivity index (χ2v) is 3.72. The summed E-state index contributed by atoms with van der Waals surface area (Å²) in [6, 6.07) is 9.39. The number of hydrogen-bond acceptors (Lipinski definition) is 3. The Hall–Kier alpha value is -2.23. The van der Waals surface area contributed by atoms with Crippen LogP contribution in [0.4, 0.5) is 0 Å². The molecule has 4 nitrogen and oxygen atoms in total. The lowest BCUT2D eigenvalue weighted by atomic mass is 10.1. The molecule has 4 heteroatoms. The first-order valence-electron chi connectivity index (χ1n) is 5.75. The van der Waals surface area contributed by atoms with Crippen molar-refractivity contribution < 1.29 is 14.3 Å². The van der Waals surface area contributed by atoms with Crippen molar-refractivity contribution >= 4 is 5.97 Å². The number of hydrogen-bond donors (Lipinski definition) is 1. The van der Waals surface area contributed by atoms with Crippen molar-refractivity contribution in [1.29, 1.82) is 0 Å². The fraction of sp³-hybridized carbons (Fsp3) is 0.214. The Kier molecular flexibility index (Phi) is 3.67. The molecule has 0 atom stereocenters. The van der Waals surface area contributed by atoms with Crippen LogP contribution in [0.15, 0.2) is 36.5 Å². The molecular weight excluding hydrogens is 230 g/mol. The molecule has 2 aromatic rings. The number of nitrogens with one attached hydrogen (secondary N) is 1. The Bertz CT molecular complexity index is 528. The molecule has 1 N–H and O–H groups in total. The van der Waals surface area contributed by atoms with E-state index in [-0.39, 0.29) is 5.97 Å². The number of benzene rings is 1. The van der Waals surface area contributed by atoms with Crippen LogP contribution in [-0.4, -0.2) is 24.7 Å². The molecule has 1 aromatic carbocycles. The van der Waals surface area contributed by atoms with E-state index in [2.05, 4.69) is 4.98 Å². The lowest BCUT2D eigenvalue weighted by Gasteiger charge is -2.05. The molecule has 18 heavy (non-hydrogen) atoms. The van der Waals surface area contributed by atoms with Gasteiger partial charge in [0, 0.05) is 11.8 Å². The number of carbonyl (C=O) groups is 1. The van der Waals surface area contributed by atoms with E-state index < -0.39 is 0 Å². The SMILES string of the molecule is CCOC(=O)c1[nH]ccc1-c1ccc(OC)cc1. The van der Waals surface area contributed by atoms with Gasteiger partial charge in [0.25, 0.3) is 0 Å². The molecule has 0 radical (unpaired) electrons. The summed E-state index contributed by atoms with van der Waals surface area (Å²) in [6.07, 6.45) is 1.73. The van der Waals surface area contributed by atoms with E-state index in [0.29, 0.717) is 12.3 Å². The maximum absolute atomic E-state index is 11.7. The van der Waals surface area contributed by atoms with Gasteiger partial charge in [-0.15, -0.1) is 0 Å². The molecule has 2 rings (SSSR count). The van der Waals surface area contributed by atoms with Gasteiger partial charge in [0.15, 0.2) is 0 Å². The number of carbonyl (C=O) groups excluding carboxylic acids is 1. The number of esters is 1. The predicted octanol–water partition coefficient (Wildman–Crippen LogP) is 2.87. The molecule has 0 unspecified atom stereocenters. The van der Waals surface area contributed by atoms with Gasteiger partial charge in [-0.05, 0) is 30.7 Å². The van der Waals surface area contributed by atoms with Crippen molar-refractivity contribution in [2.75, 3.05) is 13.7 Å². The summed E-state index contributed by atoms with van der Waals surface area (Å²) in [5.41, 5.74) is 2.25. The third-order valence-electron chi connectivity index (χ3n) is 2.63. The van der Waals surface area contributed by atoms with E-state index in [0.717, 1.165) is 16.9 Å². The predicted molar refractivity (Wildman–Crippen MR) is 68.7 cm³/mol. The fourth-order valence-corrected chi connectivity index (χ4v) is 1.75. The van der Waals surface area contributed by atoms with Gasteiger partial charge in [0.2, 0.25) is 0 Å². The molecule has 0 bridgehead atoms. The molecule has 0 fully saturated rings. The number of H-pyrrole nitrogens is 1. The molecule has 0 amide bonds. The molecule has 0 saturated heterocycles. The second-order valence-electron chi connectivity index (χ2n) is 3.72. The maximum atomic E-state index is 11.7. The molecule has 0 saturated carbocycles. The zero-order valence-electron chi connectivity index (χ0n) is 10.4. The van der Waals surface area contributed by atoms with E-state index in [1.165, 1.54) is 0 Å². The van der Waals surface area contributed by atoms with Crippen molar-refractivity contribution in [1.82, 2.24) is 4.98 Å². The van der Waals surface area contributed by atoms with Crippen LogP contribution < -0.4 is 4.74 Å². The second kappa shape index (κ2) is 5.40. The van der Waals surface area contributed by atoms with E-state index in [9.17, 15) is 4.79 Å². The Morgan fingerprint density at radius 2 is 1.94 bits per heavy atom. The number of ether oxygens (including phenoxy) is 2. The normalized spacial score (nSPS) is 10.1. The summed E-state index contributed by atoms with van der Waals surface area (Å²) in [5.74, 6) is 0.445. The van der Waals surface area contributed by atoms with E-state index >= 15 is 0 Å². The Morgan fingerprint density at radius 3 is 2.56 bits per heavy atom. The third-order valence-corrected chi connectivity index (χ3v) is 2.63. The highest BCUT2D eigenvalue weighted by Gasteiger charge is 2.14. The molecular formula is C14H15NO3. The van der Waals surface area contributed by atoms with Crippen molar-refractivity contribution in [2.24, 2.45) is 0 Å². The van der Waals surface area contributed by atoms with Crippen molar-refractivity contribution in [2.45, 2.75) is 6.92 Å². The standard InChI is InChI=1S/C14H15NO3/c1-3-18-14(16)13-12(8-9-15-13)10-4-6-11(17-2)7-5-10/h4-9,15H,3H2,1-2H3. The molecule has 0 aliphatic rings. The zero-order chi connectivity index (χ0) is 13.0. The minimum Gasteiger partial charge on any atom is -0.497 e. The molecule has 1 aromatic heterocycles. The largest absolute Gasteiger partial charge is 0.497 e. The third kappa shape index (κ3) is 2.37. The van der Waals surface area contributed by atoms with Gasteiger partial charge < -0.3 is 14.5 Å². The Morgan fingerprint density at radius 1 is 1.22 bits per heavy atom.